The topological polar surface area (TPSA) is 78.8 Å². The lowest BCUT2D eigenvalue weighted by atomic mass is 10.0. The molecule has 0 bridgehead atoms. The number of hydrogen-bond acceptors (Lipinski definition) is 6. The van der Waals surface area contributed by atoms with E-state index < -0.39 is 11.7 Å². The molecule has 0 unspecified atom stereocenters. The van der Waals surface area contributed by atoms with Crippen LogP contribution in [0.4, 0.5) is 13.2 Å². The summed E-state index contributed by atoms with van der Waals surface area (Å²) in [7, 11) is 0. The van der Waals surface area contributed by atoms with Crippen LogP contribution in [0.15, 0.2) is 55.1 Å². The smallest absolute Gasteiger partial charge is 0.336 e. The highest BCUT2D eigenvalue weighted by atomic mass is 19.4. The number of hydrogen-bond donors (Lipinski definition) is 4. The van der Waals surface area contributed by atoms with E-state index in [-0.39, 0.29) is 18.2 Å². The van der Waals surface area contributed by atoms with E-state index in [1.54, 1.807) is 29.4 Å². The van der Waals surface area contributed by atoms with Crippen molar-refractivity contribution in [1.82, 2.24) is 36.5 Å². The van der Waals surface area contributed by atoms with Crippen molar-refractivity contribution in [3.8, 4) is 11.4 Å². The van der Waals surface area contributed by atoms with E-state index in [0.717, 1.165) is 11.6 Å². The van der Waals surface area contributed by atoms with Crippen molar-refractivity contribution < 1.29 is 13.2 Å². The van der Waals surface area contributed by atoms with Gasteiger partial charge in [0.2, 0.25) is 0 Å². The number of nitrogens with zero attached hydrogens (tertiary/aromatic N) is 3. The molecule has 1 aliphatic heterocycles. The summed E-state index contributed by atoms with van der Waals surface area (Å²) in [5, 5.41) is 0. The van der Waals surface area contributed by atoms with E-state index in [0.29, 0.717) is 17.9 Å². The van der Waals surface area contributed by atoms with Crippen molar-refractivity contribution in [3.63, 3.8) is 0 Å². The van der Waals surface area contributed by atoms with Crippen molar-refractivity contribution >= 4 is 0 Å². The van der Waals surface area contributed by atoms with Crippen LogP contribution in [0.3, 0.4) is 0 Å². The lowest BCUT2D eigenvalue weighted by molar-refractivity contribution is -0.138. The molecule has 1 fully saturated rings. The lowest BCUT2D eigenvalue weighted by Crippen LogP contribution is -2.33. The Morgan fingerprint density at radius 2 is 1.79 bits per heavy atom. The van der Waals surface area contributed by atoms with Gasteiger partial charge in [-0.05, 0) is 35.7 Å². The molecule has 0 aliphatic carbocycles. The van der Waals surface area contributed by atoms with E-state index in [2.05, 4.69) is 31.9 Å². The molecule has 1 saturated heterocycles. The number of aryl methyl sites for hydroxylation is 2. The molecule has 0 amide bonds. The number of alkyl halides is 3. The van der Waals surface area contributed by atoms with Crippen LogP contribution in [-0.2, 0) is 19.1 Å². The second kappa shape index (κ2) is 7.68. The number of imidazole rings is 1. The number of nitrogens with one attached hydrogen (secondary N) is 4. The van der Waals surface area contributed by atoms with Crippen molar-refractivity contribution in [3.05, 3.63) is 71.8 Å². The van der Waals surface area contributed by atoms with Gasteiger partial charge in [0, 0.05) is 18.9 Å². The largest absolute Gasteiger partial charge is 0.416 e. The third-order valence-electron chi connectivity index (χ3n) is 4.47. The van der Waals surface area contributed by atoms with Gasteiger partial charge in [-0.15, -0.1) is 0 Å². The highest BCUT2D eigenvalue weighted by molar-refractivity contribution is 5.54. The molecule has 2 aromatic heterocycles. The fraction of sp³-hybridized carbons (Fsp3) is 0.222. The monoisotopic (exact) mass is 389 g/mol. The highest BCUT2D eigenvalue weighted by Gasteiger charge is 2.32. The molecular formula is C18H18F3N7. The summed E-state index contributed by atoms with van der Waals surface area (Å²) >= 11 is 0. The lowest BCUT2D eigenvalue weighted by Gasteiger charge is -2.12. The summed E-state index contributed by atoms with van der Waals surface area (Å²) in [6.07, 6.45) is 0.857. The Morgan fingerprint density at radius 3 is 2.57 bits per heavy atom. The van der Waals surface area contributed by atoms with Crippen LogP contribution in [0.25, 0.3) is 11.4 Å². The molecule has 1 aromatic carbocycles. The van der Waals surface area contributed by atoms with Crippen LogP contribution in [0.5, 0.6) is 0 Å². The molecule has 3 heterocycles. The van der Waals surface area contributed by atoms with Gasteiger partial charge in [-0.2, -0.15) is 24.2 Å². The summed E-state index contributed by atoms with van der Waals surface area (Å²) in [6, 6.07) is 9.40. The highest BCUT2D eigenvalue weighted by Crippen LogP contribution is 2.32. The predicted molar refractivity (Wildman–Crippen MR) is 95.9 cm³/mol. The van der Waals surface area contributed by atoms with Gasteiger partial charge >= 0.3 is 6.18 Å². The Labute approximate surface area is 158 Å². The minimum Gasteiger partial charge on any atom is -0.336 e. The molecule has 0 atom stereocenters. The van der Waals surface area contributed by atoms with Crippen molar-refractivity contribution in [2.45, 2.75) is 25.3 Å². The number of halogens is 3. The van der Waals surface area contributed by atoms with Crippen LogP contribution in [0, 0.1) is 0 Å². The van der Waals surface area contributed by atoms with Gasteiger partial charge in [-0.1, -0.05) is 18.2 Å². The maximum atomic E-state index is 13.1. The quantitative estimate of drug-likeness (QED) is 0.537. The molecule has 10 heteroatoms. The average Bonchev–Trinajstić information content (AvgIpc) is 3.38. The Balaban J connectivity index is 1.48. The third-order valence-corrected chi connectivity index (χ3v) is 4.47. The fourth-order valence-corrected chi connectivity index (χ4v) is 3.06. The standard InChI is InChI=1S/C18H18F3N7/c19-18(20,21)14-4-2-1-3-12(14)6-8-28-10-16(23-11-28)15-9-13(5-7-22-15)17-24-26-27-25-17/h1-5,7,9-11,17,24-27H,6,8H2. The van der Waals surface area contributed by atoms with Gasteiger partial charge in [0.05, 0.1) is 17.6 Å². The molecule has 28 heavy (non-hydrogen) atoms. The van der Waals surface area contributed by atoms with E-state index in [4.69, 9.17) is 0 Å². The fourth-order valence-electron chi connectivity index (χ4n) is 3.06. The molecular weight excluding hydrogens is 371 g/mol. The van der Waals surface area contributed by atoms with Crippen molar-refractivity contribution in [2.75, 3.05) is 0 Å². The van der Waals surface area contributed by atoms with Gasteiger partial charge in [-0.3, -0.25) is 4.98 Å². The number of pyridine rings is 1. The second-order valence-corrected chi connectivity index (χ2v) is 6.35. The minimum absolute atomic E-state index is 0.122. The van der Waals surface area contributed by atoms with Crippen molar-refractivity contribution in [1.29, 1.82) is 0 Å². The molecule has 146 valence electrons. The van der Waals surface area contributed by atoms with Crippen LogP contribution < -0.4 is 21.9 Å². The first-order valence-corrected chi connectivity index (χ1v) is 8.65. The molecule has 7 nitrogen and oxygen atoms in total. The van der Waals surface area contributed by atoms with Gasteiger partial charge in [0.15, 0.2) is 0 Å². The number of benzene rings is 1. The van der Waals surface area contributed by atoms with E-state index in [1.807, 2.05) is 12.1 Å². The minimum atomic E-state index is -4.35. The Hall–Kier alpha value is -2.79. The molecule has 0 radical (unpaired) electrons. The van der Waals surface area contributed by atoms with Crippen LogP contribution in [0.1, 0.15) is 22.9 Å². The van der Waals surface area contributed by atoms with Crippen LogP contribution >= 0.6 is 0 Å². The summed E-state index contributed by atoms with van der Waals surface area (Å²) in [5.41, 5.74) is 13.5. The van der Waals surface area contributed by atoms with E-state index >= 15 is 0 Å². The van der Waals surface area contributed by atoms with Crippen LogP contribution in [-0.4, -0.2) is 14.5 Å². The maximum Gasteiger partial charge on any atom is 0.416 e. The van der Waals surface area contributed by atoms with Gasteiger partial charge < -0.3 is 4.57 Å². The van der Waals surface area contributed by atoms with Crippen molar-refractivity contribution in [2.24, 2.45) is 0 Å². The first-order valence-electron chi connectivity index (χ1n) is 8.65. The predicted octanol–water partition coefficient (Wildman–Crippen LogP) is 2.32. The number of aromatic nitrogens is 3. The molecule has 3 aromatic rings. The maximum absolute atomic E-state index is 13.1. The number of rotatable bonds is 5. The zero-order valence-corrected chi connectivity index (χ0v) is 14.7. The summed E-state index contributed by atoms with van der Waals surface area (Å²) in [6.45, 7) is 0.388. The zero-order chi connectivity index (χ0) is 19.6. The SMILES string of the molecule is FC(F)(F)c1ccccc1CCn1cnc(-c2cc(C3NNNN3)ccn2)c1. The van der Waals surface area contributed by atoms with Crippen LogP contribution in [0.2, 0.25) is 0 Å². The van der Waals surface area contributed by atoms with E-state index in [9.17, 15) is 13.2 Å². The number of hydrazine groups is 3. The summed E-state index contributed by atoms with van der Waals surface area (Å²) in [4.78, 5) is 8.68. The summed E-state index contributed by atoms with van der Waals surface area (Å²) in [5.74, 6) is 0. The first-order chi connectivity index (χ1) is 13.5. The molecule has 0 spiro atoms. The van der Waals surface area contributed by atoms with Gasteiger partial charge in [-0.25, -0.2) is 15.8 Å². The Bertz CT molecular complexity index is 948. The molecule has 4 N–H and O–H groups in total. The molecule has 1 aliphatic rings. The average molecular weight is 389 g/mol. The van der Waals surface area contributed by atoms with Gasteiger partial charge in [0.1, 0.15) is 11.9 Å². The Kier molecular flexibility index (Phi) is 5.09. The third kappa shape index (κ3) is 4.04. The molecule has 0 saturated carbocycles. The second-order valence-electron chi connectivity index (χ2n) is 6.35. The normalized spacial score (nSPS) is 15.2. The molecule has 4 rings (SSSR count). The summed E-state index contributed by atoms with van der Waals surface area (Å²) < 4.78 is 41.1. The first kappa shape index (κ1) is 18.6. The van der Waals surface area contributed by atoms with Gasteiger partial charge in [0.25, 0.3) is 0 Å². The Morgan fingerprint density at radius 1 is 1.00 bits per heavy atom. The van der Waals surface area contributed by atoms with E-state index in [1.165, 1.54) is 12.1 Å². The zero-order valence-electron chi connectivity index (χ0n) is 14.7.